The molecule has 0 spiro atoms. The van der Waals surface area contributed by atoms with Gasteiger partial charge in [0.15, 0.2) is 0 Å². The Balaban J connectivity index is 1.39. The van der Waals surface area contributed by atoms with Crippen molar-refractivity contribution in [2.45, 2.75) is 32.1 Å². The van der Waals surface area contributed by atoms with Gasteiger partial charge in [-0.1, -0.05) is 5.57 Å². The summed E-state index contributed by atoms with van der Waals surface area (Å²) in [5.41, 5.74) is 2.41. The first-order valence-corrected chi connectivity index (χ1v) is 10.2. The van der Waals surface area contributed by atoms with E-state index in [4.69, 9.17) is 0 Å². The maximum Gasteiger partial charge on any atom is 0.246 e. The van der Waals surface area contributed by atoms with E-state index in [9.17, 15) is 9.59 Å². The zero-order valence-corrected chi connectivity index (χ0v) is 16.8. The fourth-order valence-electron chi connectivity index (χ4n) is 3.45. The summed E-state index contributed by atoms with van der Waals surface area (Å²) in [4.78, 5) is 35.0. The monoisotopic (exact) mass is 394 g/mol. The molecule has 0 unspecified atom stereocenters. The van der Waals surface area contributed by atoms with Gasteiger partial charge in [0.25, 0.3) is 0 Å². The third-order valence-corrected chi connectivity index (χ3v) is 6.02. The number of anilines is 1. The van der Waals surface area contributed by atoms with E-state index in [0.29, 0.717) is 18.9 Å². The molecular formula is C21H22N4O2S. The highest BCUT2D eigenvalue weighted by Crippen LogP contribution is 2.36. The van der Waals surface area contributed by atoms with Crippen LogP contribution in [0.4, 0.5) is 5.82 Å². The van der Waals surface area contributed by atoms with Crippen molar-refractivity contribution < 1.29 is 9.59 Å². The van der Waals surface area contributed by atoms with Gasteiger partial charge >= 0.3 is 0 Å². The number of carbonyl (C=O) groups is 2. The molecule has 0 bridgehead atoms. The van der Waals surface area contributed by atoms with Crippen LogP contribution in [0.25, 0.3) is 12.2 Å². The maximum atomic E-state index is 12.5. The van der Waals surface area contributed by atoms with E-state index in [1.807, 2.05) is 30.2 Å². The first-order valence-electron chi connectivity index (χ1n) is 9.31. The molecule has 4 heterocycles. The highest BCUT2D eigenvalue weighted by Gasteiger charge is 2.39. The lowest BCUT2D eigenvalue weighted by atomic mass is 9.86. The lowest BCUT2D eigenvalue weighted by molar-refractivity contribution is -0.126. The predicted molar refractivity (Wildman–Crippen MR) is 111 cm³/mol. The van der Waals surface area contributed by atoms with Gasteiger partial charge in [0.1, 0.15) is 10.8 Å². The molecule has 2 aliphatic rings. The van der Waals surface area contributed by atoms with Crippen LogP contribution in [-0.4, -0.2) is 39.8 Å². The number of thiazole rings is 1. The second-order valence-corrected chi connectivity index (χ2v) is 8.50. The van der Waals surface area contributed by atoms with Crippen LogP contribution in [0.5, 0.6) is 0 Å². The Labute approximate surface area is 168 Å². The molecule has 144 valence electrons. The minimum absolute atomic E-state index is 0.00209. The van der Waals surface area contributed by atoms with Gasteiger partial charge in [-0.3, -0.25) is 9.59 Å². The molecule has 2 aromatic rings. The molecule has 1 fully saturated rings. The number of nitrogens with one attached hydrogen (secondary N) is 1. The van der Waals surface area contributed by atoms with Gasteiger partial charge in [0.05, 0.1) is 5.41 Å². The summed E-state index contributed by atoms with van der Waals surface area (Å²) in [6, 6.07) is 1.93. The average Bonchev–Trinajstić information content (AvgIpc) is 3.27. The predicted octanol–water partition coefficient (Wildman–Crippen LogP) is 3.49. The van der Waals surface area contributed by atoms with Crippen molar-refractivity contribution in [3.05, 3.63) is 51.6 Å². The summed E-state index contributed by atoms with van der Waals surface area (Å²) < 4.78 is 0. The summed E-state index contributed by atoms with van der Waals surface area (Å²) >= 11 is 1.63. The molecule has 0 aromatic carbocycles. The molecule has 0 saturated carbocycles. The molecule has 2 aromatic heterocycles. The van der Waals surface area contributed by atoms with Gasteiger partial charge in [0, 0.05) is 42.5 Å². The minimum Gasteiger partial charge on any atom is -0.339 e. The topological polar surface area (TPSA) is 75.2 Å². The largest absolute Gasteiger partial charge is 0.339 e. The number of likely N-dealkylation sites (tertiary alicyclic amines) is 1. The quantitative estimate of drug-likeness (QED) is 0.809. The number of pyridine rings is 1. The van der Waals surface area contributed by atoms with Crippen molar-refractivity contribution in [3.8, 4) is 0 Å². The van der Waals surface area contributed by atoms with Crippen LogP contribution < -0.4 is 5.32 Å². The van der Waals surface area contributed by atoms with Gasteiger partial charge in [0.2, 0.25) is 11.8 Å². The zero-order valence-electron chi connectivity index (χ0n) is 15.9. The van der Waals surface area contributed by atoms with Crippen LogP contribution in [0.3, 0.4) is 0 Å². The molecule has 28 heavy (non-hydrogen) atoms. The third kappa shape index (κ3) is 3.62. The van der Waals surface area contributed by atoms with Crippen molar-refractivity contribution in [3.63, 3.8) is 0 Å². The number of aromatic nitrogens is 2. The number of carbonyl (C=O) groups excluding carboxylic acids is 2. The number of rotatable bonds is 3. The van der Waals surface area contributed by atoms with Crippen LogP contribution in [-0.2, 0) is 15.0 Å². The van der Waals surface area contributed by atoms with Crippen LogP contribution >= 0.6 is 11.3 Å². The fourth-order valence-corrected chi connectivity index (χ4v) is 4.06. The number of nitrogens with zero attached hydrogens (tertiary/aromatic N) is 3. The molecule has 2 amide bonds. The lowest BCUT2D eigenvalue weighted by Gasteiger charge is -2.27. The van der Waals surface area contributed by atoms with Gasteiger partial charge in [-0.15, -0.1) is 11.3 Å². The highest BCUT2D eigenvalue weighted by molar-refractivity contribution is 7.10. The molecular weight excluding hydrogens is 372 g/mol. The first-order chi connectivity index (χ1) is 13.4. The zero-order chi connectivity index (χ0) is 19.7. The summed E-state index contributed by atoms with van der Waals surface area (Å²) in [5.74, 6) is 0.554. The number of fused-ring (bicyclic) bond motifs is 1. The normalized spacial score (nSPS) is 18.3. The number of amides is 2. The van der Waals surface area contributed by atoms with Crippen LogP contribution in [0.15, 0.2) is 35.5 Å². The van der Waals surface area contributed by atoms with E-state index in [2.05, 4.69) is 21.4 Å². The summed E-state index contributed by atoms with van der Waals surface area (Å²) in [5, 5.41) is 5.78. The van der Waals surface area contributed by atoms with E-state index in [-0.39, 0.29) is 11.8 Å². The number of hydrogen-bond donors (Lipinski definition) is 1. The van der Waals surface area contributed by atoms with E-state index < -0.39 is 5.41 Å². The second-order valence-electron chi connectivity index (χ2n) is 7.58. The van der Waals surface area contributed by atoms with E-state index in [1.165, 1.54) is 5.57 Å². The fraction of sp³-hybridized carbons (Fsp3) is 0.333. The Hall–Kier alpha value is -2.80. The van der Waals surface area contributed by atoms with Crippen molar-refractivity contribution in [1.82, 2.24) is 14.9 Å². The Bertz CT molecular complexity index is 966. The summed E-state index contributed by atoms with van der Waals surface area (Å²) in [6.07, 6.45) is 10.7. The van der Waals surface area contributed by atoms with Crippen molar-refractivity contribution in [2.24, 2.45) is 0 Å². The maximum absolute atomic E-state index is 12.5. The number of piperidine rings is 1. The van der Waals surface area contributed by atoms with Gasteiger partial charge in [-0.25, -0.2) is 9.97 Å². The van der Waals surface area contributed by atoms with Crippen LogP contribution in [0.1, 0.15) is 42.8 Å². The molecule has 1 N–H and O–H groups in total. The molecule has 7 heteroatoms. The smallest absolute Gasteiger partial charge is 0.246 e. The molecule has 2 aliphatic heterocycles. The Morgan fingerprint density at radius 3 is 2.79 bits per heavy atom. The van der Waals surface area contributed by atoms with Crippen molar-refractivity contribution >= 4 is 41.1 Å². The minimum atomic E-state index is -0.608. The number of hydrogen-bond acceptors (Lipinski definition) is 5. The highest BCUT2D eigenvalue weighted by atomic mass is 32.1. The molecule has 0 aliphatic carbocycles. The molecule has 4 rings (SSSR count). The van der Waals surface area contributed by atoms with Gasteiger partial charge in [-0.2, -0.15) is 0 Å². The molecule has 0 radical (unpaired) electrons. The second kappa shape index (κ2) is 7.31. The average molecular weight is 395 g/mol. The van der Waals surface area contributed by atoms with Crippen molar-refractivity contribution in [2.75, 3.05) is 18.4 Å². The molecule has 6 nitrogen and oxygen atoms in total. The van der Waals surface area contributed by atoms with E-state index in [0.717, 1.165) is 29.0 Å². The Kier molecular flexibility index (Phi) is 4.85. The summed E-state index contributed by atoms with van der Waals surface area (Å²) in [6.45, 7) is 5.18. The molecule has 0 atom stereocenters. The van der Waals surface area contributed by atoms with E-state index in [1.54, 1.807) is 35.9 Å². The molecule has 1 saturated heterocycles. The van der Waals surface area contributed by atoms with Crippen LogP contribution in [0, 0.1) is 0 Å². The Morgan fingerprint density at radius 1 is 1.29 bits per heavy atom. The SMILES string of the molecule is CC1(C)C(=O)Nc2ncc(/C=C/C(=O)N3CCC(=Cc4nccs4)CC3)cc21. The standard InChI is InChI=1S/C21H22N4O2S/c1-21(2)16-11-15(13-23-19(16)24-20(21)27)3-4-18(26)25-8-5-14(6-9-25)12-17-22-7-10-28-17/h3-4,7,10-13H,5-6,8-9H2,1-2H3,(H,23,24,27)/b4-3+. The van der Waals surface area contributed by atoms with Gasteiger partial charge < -0.3 is 10.2 Å². The van der Waals surface area contributed by atoms with Crippen LogP contribution in [0.2, 0.25) is 0 Å². The van der Waals surface area contributed by atoms with Crippen molar-refractivity contribution in [1.29, 1.82) is 0 Å². The van der Waals surface area contributed by atoms with E-state index >= 15 is 0 Å². The lowest BCUT2D eigenvalue weighted by Crippen LogP contribution is -2.35. The summed E-state index contributed by atoms with van der Waals surface area (Å²) in [7, 11) is 0. The van der Waals surface area contributed by atoms with Gasteiger partial charge in [-0.05, 0) is 50.5 Å². The third-order valence-electron chi connectivity index (χ3n) is 5.30. The first kappa shape index (κ1) is 18.6. The Morgan fingerprint density at radius 2 is 2.07 bits per heavy atom.